The van der Waals surface area contributed by atoms with Gasteiger partial charge >= 0.3 is 0 Å². The molecule has 2 heterocycles. The molecule has 1 aliphatic carbocycles. The van der Waals surface area contributed by atoms with Gasteiger partial charge in [0.2, 0.25) is 15.9 Å². The van der Waals surface area contributed by atoms with Gasteiger partial charge in [-0.05, 0) is 42.4 Å². The summed E-state index contributed by atoms with van der Waals surface area (Å²) in [5.41, 5.74) is 1.25. The van der Waals surface area contributed by atoms with Gasteiger partial charge in [-0.15, -0.1) is 0 Å². The second-order valence-electron chi connectivity index (χ2n) is 8.23. The lowest BCUT2D eigenvalue weighted by Crippen LogP contribution is -2.47. The van der Waals surface area contributed by atoms with Crippen LogP contribution in [0.5, 0.6) is 0 Å². The van der Waals surface area contributed by atoms with Crippen molar-refractivity contribution < 1.29 is 13.2 Å². The van der Waals surface area contributed by atoms with Crippen molar-refractivity contribution in [1.29, 1.82) is 0 Å². The Balaban J connectivity index is 1.47. The highest BCUT2D eigenvalue weighted by molar-refractivity contribution is 7.89. The molecule has 2 aromatic rings. The molecule has 3 aliphatic rings. The second kappa shape index (κ2) is 6.42. The van der Waals surface area contributed by atoms with Crippen molar-refractivity contribution in [2.75, 3.05) is 19.6 Å². The number of sulfonamides is 1. The molecular weight excluding hydrogens is 372 g/mol. The normalized spacial score (nSPS) is 25.9. The highest BCUT2D eigenvalue weighted by Crippen LogP contribution is 2.51. The van der Waals surface area contributed by atoms with Crippen LogP contribution < -0.4 is 0 Å². The Labute approximate surface area is 166 Å². The molecule has 0 unspecified atom stereocenters. The van der Waals surface area contributed by atoms with Crippen LogP contribution >= 0.6 is 0 Å². The maximum absolute atomic E-state index is 13.3. The number of likely N-dealkylation sites (tertiary alicyclic amines) is 1. The molecule has 0 radical (unpaired) electrons. The van der Waals surface area contributed by atoms with Gasteiger partial charge in [-0.25, -0.2) is 8.42 Å². The first kappa shape index (κ1) is 17.9. The predicted molar refractivity (Wildman–Crippen MR) is 106 cm³/mol. The summed E-state index contributed by atoms with van der Waals surface area (Å²) in [6.45, 7) is 1.61. The van der Waals surface area contributed by atoms with Crippen molar-refractivity contribution in [2.45, 2.75) is 36.1 Å². The minimum atomic E-state index is -3.51. The summed E-state index contributed by atoms with van der Waals surface area (Å²) in [4.78, 5) is 15.2. The lowest BCUT2D eigenvalue weighted by molar-refractivity contribution is -0.129. The Hall–Kier alpha value is -2.18. The van der Waals surface area contributed by atoms with E-state index in [9.17, 15) is 13.2 Å². The average molecular weight is 397 g/mol. The maximum Gasteiger partial charge on any atom is 0.244 e. The fourth-order valence-electron chi connectivity index (χ4n) is 4.68. The van der Waals surface area contributed by atoms with E-state index in [-0.39, 0.29) is 5.91 Å². The largest absolute Gasteiger partial charge is 0.340 e. The van der Waals surface area contributed by atoms with E-state index in [2.05, 4.69) is 0 Å². The van der Waals surface area contributed by atoms with Crippen LogP contribution in [0.1, 0.15) is 30.4 Å². The fraction of sp³-hybridized carbons (Fsp3) is 0.409. The molecule has 2 aromatic carbocycles. The molecule has 0 bridgehead atoms. The molecule has 2 fully saturated rings. The van der Waals surface area contributed by atoms with Crippen LogP contribution in [0.25, 0.3) is 0 Å². The third-order valence-corrected chi connectivity index (χ3v) is 8.34. The van der Waals surface area contributed by atoms with Crippen LogP contribution in [0.3, 0.4) is 0 Å². The van der Waals surface area contributed by atoms with Crippen molar-refractivity contribution in [3.63, 3.8) is 0 Å². The zero-order valence-corrected chi connectivity index (χ0v) is 16.6. The van der Waals surface area contributed by atoms with E-state index in [0.717, 1.165) is 24.0 Å². The number of carbonyl (C=O) groups excluding carboxylic acids is 1. The molecule has 1 saturated heterocycles. The highest BCUT2D eigenvalue weighted by Gasteiger charge is 2.58. The van der Waals surface area contributed by atoms with E-state index in [1.807, 2.05) is 47.4 Å². The third kappa shape index (κ3) is 2.78. The average Bonchev–Trinajstić information content (AvgIpc) is 3.39. The van der Waals surface area contributed by atoms with Crippen molar-refractivity contribution >= 4 is 15.9 Å². The van der Waals surface area contributed by atoms with Crippen LogP contribution in [0, 0.1) is 5.92 Å². The van der Waals surface area contributed by atoms with Crippen LogP contribution in [0.2, 0.25) is 0 Å². The molecule has 1 saturated carbocycles. The first-order valence-corrected chi connectivity index (χ1v) is 11.4. The van der Waals surface area contributed by atoms with Crippen molar-refractivity contribution in [1.82, 2.24) is 9.21 Å². The minimum absolute atomic E-state index is 0.0660. The van der Waals surface area contributed by atoms with Crippen LogP contribution in [0.4, 0.5) is 0 Å². The van der Waals surface area contributed by atoms with Gasteiger partial charge in [-0.2, -0.15) is 4.31 Å². The number of fused-ring (bicyclic) bond motifs is 2. The van der Waals surface area contributed by atoms with E-state index >= 15 is 0 Å². The molecule has 0 aromatic heterocycles. The molecule has 5 rings (SSSR count). The van der Waals surface area contributed by atoms with Gasteiger partial charge in [0.05, 0.1) is 16.9 Å². The number of rotatable bonds is 4. The Morgan fingerprint density at radius 2 is 1.75 bits per heavy atom. The molecule has 6 heteroatoms. The molecule has 146 valence electrons. The first-order valence-electron chi connectivity index (χ1n) is 9.95. The van der Waals surface area contributed by atoms with Gasteiger partial charge in [0.25, 0.3) is 0 Å². The van der Waals surface area contributed by atoms with E-state index in [0.29, 0.717) is 43.3 Å². The van der Waals surface area contributed by atoms with Crippen LogP contribution in [0.15, 0.2) is 59.5 Å². The Kier molecular flexibility index (Phi) is 4.10. The van der Waals surface area contributed by atoms with Gasteiger partial charge in [-0.3, -0.25) is 4.79 Å². The lowest BCUT2D eigenvalue weighted by atomic mass is 9.88. The molecule has 5 nitrogen and oxygen atoms in total. The molecule has 1 spiro atoms. The van der Waals surface area contributed by atoms with Gasteiger partial charge < -0.3 is 4.90 Å². The molecule has 28 heavy (non-hydrogen) atoms. The second-order valence-corrected chi connectivity index (χ2v) is 10.1. The Morgan fingerprint density at radius 1 is 1.04 bits per heavy atom. The van der Waals surface area contributed by atoms with Crippen molar-refractivity contribution in [3.8, 4) is 0 Å². The zero-order valence-electron chi connectivity index (χ0n) is 15.8. The van der Waals surface area contributed by atoms with Crippen molar-refractivity contribution in [3.05, 3.63) is 65.7 Å². The number of benzene rings is 2. The molecular formula is C22H24N2O3S. The standard InChI is InChI=1S/C22H24N2O3S/c25-21(14-17-6-2-1-3-7-17)23-13-12-22(16-23)19-8-4-5-9-20(19)28(26,27)24(22)15-18-10-11-18/h1-9,18H,10-16H2/t22-/m0/s1. The number of hydrogen-bond donors (Lipinski definition) is 0. The quantitative estimate of drug-likeness (QED) is 0.799. The molecule has 0 N–H and O–H groups in total. The van der Waals surface area contributed by atoms with Gasteiger partial charge in [0, 0.05) is 19.6 Å². The third-order valence-electron chi connectivity index (χ3n) is 6.35. The summed E-state index contributed by atoms with van der Waals surface area (Å²) < 4.78 is 28.3. The minimum Gasteiger partial charge on any atom is -0.340 e. The molecule has 1 amide bonds. The van der Waals surface area contributed by atoms with E-state index in [1.165, 1.54) is 0 Å². The predicted octanol–water partition coefficient (Wildman–Crippen LogP) is 2.77. The number of carbonyl (C=O) groups is 1. The molecule has 1 atom stereocenters. The fourth-order valence-corrected chi connectivity index (χ4v) is 6.82. The maximum atomic E-state index is 13.3. The summed E-state index contributed by atoms with van der Waals surface area (Å²) in [7, 11) is -3.51. The highest BCUT2D eigenvalue weighted by atomic mass is 32.2. The SMILES string of the molecule is O=C(Cc1ccccc1)N1CC[C@]2(C1)c1ccccc1S(=O)(=O)N2CC1CC1. The monoisotopic (exact) mass is 396 g/mol. The summed E-state index contributed by atoms with van der Waals surface area (Å²) in [6, 6.07) is 17.1. The van der Waals surface area contributed by atoms with Gasteiger partial charge in [0.15, 0.2) is 0 Å². The zero-order chi connectivity index (χ0) is 19.4. The summed E-state index contributed by atoms with van der Waals surface area (Å²) in [5, 5.41) is 0. The number of hydrogen-bond acceptors (Lipinski definition) is 3. The van der Waals surface area contributed by atoms with Crippen molar-refractivity contribution in [2.24, 2.45) is 5.92 Å². The lowest BCUT2D eigenvalue weighted by Gasteiger charge is -2.34. The Bertz CT molecular complexity index is 1020. The summed E-state index contributed by atoms with van der Waals surface area (Å²) >= 11 is 0. The number of nitrogens with zero attached hydrogens (tertiary/aromatic N) is 2. The van der Waals surface area contributed by atoms with Gasteiger partial charge in [-0.1, -0.05) is 48.5 Å². The van der Waals surface area contributed by atoms with Crippen LogP contribution in [-0.4, -0.2) is 43.2 Å². The van der Waals surface area contributed by atoms with E-state index in [1.54, 1.807) is 16.4 Å². The van der Waals surface area contributed by atoms with E-state index in [4.69, 9.17) is 0 Å². The molecule has 2 aliphatic heterocycles. The van der Waals surface area contributed by atoms with Gasteiger partial charge in [0.1, 0.15) is 0 Å². The first-order chi connectivity index (χ1) is 13.5. The van der Waals surface area contributed by atoms with E-state index < -0.39 is 15.6 Å². The smallest absolute Gasteiger partial charge is 0.244 e. The summed E-state index contributed by atoms with van der Waals surface area (Å²) in [5.74, 6) is 0.520. The Morgan fingerprint density at radius 3 is 2.50 bits per heavy atom. The van der Waals surface area contributed by atoms with Crippen LogP contribution in [-0.2, 0) is 26.8 Å². The topological polar surface area (TPSA) is 57.7 Å². The number of amides is 1. The summed E-state index contributed by atoms with van der Waals surface area (Å²) in [6.07, 6.45) is 3.20.